The summed E-state index contributed by atoms with van der Waals surface area (Å²) in [5, 5.41) is 9.94. The van der Waals surface area contributed by atoms with E-state index in [0.29, 0.717) is 5.92 Å². The summed E-state index contributed by atoms with van der Waals surface area (Å²) < 4.78 is 7.88. The van der Waals surface area contributed by atoms with Crippen molar-refractivity contribution in [1.82, 2.24) is 4.57 Å². The van der Waals surface area contributed by atoms with Crippen LogP contribution in [0.1, 0.15) is 43.0 Å². The Bertz CT molecular complexity index is 380. The van der Waals surface area contributed by atoms with Gasteiger partial charge in [-0.2, -0.15) is 0 Å². The molecule has 1 aliphatic carbocycles. The number of hydrogen-bond donors (Lipinski definition) is 1. The van der Waals surface area contributed by atoms with Crippen LogP contribution in [0.2, 0.25) is 0 Å². The predicted octanol–water partition coefficient (Wildman–Crippen LogP) is 2.28. The third kappa shape index (κ3) is 2.26. The van der Waals surface area contributed by atoms with Crippen LogP contribution in [0, 0.1) is 5.92 Å². The Labute approximate surface area is 102 Å². The summed E-state index contributed by atoms with van der Waals surface area (Å²) in [7, 11) is 0. The molecule has 1 N–H and O–H groups in total. The number of fused-ring (bicyclic) bond motifs is 1. The van der Waals surface area contributed by atoms with Crippen LogP contribution in [0.15, 0.2) is 12.3 Å². The highest BCUT2D eigenvalue weighted by molar-refractivity contribution is 5.27. The van der Waals surface area contributed by atoms with Crippen LogP contribution in [-0.4, -0.2) is 22.9 Å². The maximum Gasteiger partial charge on any atom is 0.0807 e. The van der Waals surface area contributed by atoms with Crippen molar-refractivity contribution in [1.29, 1.82) is 0 Å². The minimum absolute atomic E-state index is 0.234. The van der Waals surface area contributed by atoms with Crippen molar-refractivity contribution in [3.05, 3.63) is 23.5 Å². The second kappa shape index (κ2) is 4.83. The molecule has 3 nitrogen and oxygen atoms in total. The zero-order chi connectivity index (χ0) is 11.7. The molecule has 17 heavy (non-hydrogen) atoms. The Hall–Kier alpha value is -0.800. The average molecular weight is 235 g/mol. The number of nitrogens with zero attached hydrogens (tertiary/aromatic N) is 1. The van der Waals surface area contributed by atoms with Gasteiger partial charge in [-0.05, 0) is 38.2 Å². The van der Waals surface area contributed by atoms with Crippen molar-refractivity contribution in [2.75, 3.05) is 13.2 Å². The topological polar surface area (TPSA) is 34.4 Å². The molecule has 2 aliphatic rings. The summed E-state index contributed by atoms with van der Waals surface area (Å²) in [6.07, 6.45) is 7.53. The van der Waals surface area contributed by atoms with Crippen molar-refractivity contribution in [2.45, 2.75) is 44.8 Å². The SMILES string of the molecule is OC1CCCc2c1ccn2CC1CCCOC1. The van der Waals surface area contributed by atoms with Gasteiger partial charge in [0.25, 0.3) is 0 Å². The molecule has 1 fully saturated rings. The van der Waals surface area contributed by atoms with Gasteiger partial charge in [0, 0.05) is 36.5 Å². The van der Waals surface area contributed by atoms with Gasteiger partial charge in [0.05, 0.1) is 12.7 Å². The summed E-state index contributed by atoms with van der Waals surface area (Å²) >= 11 is 0. The predicted molar refractivity (Wildman–Crippen MR) is 65.9 cm³/mol. The van der Waals surface area contributed by atoms with Gasteiger partial charge in [-0.1, -0.05) is 0 Å². The number of aliphatic hydroxyl groups excluding tert-OH is 1. The van der Waals surface area contributed by atoms with E-state index in [4.69, 9.17) is 4.74 Å². The van der Waals surface area contributed by atoms with E-state index in [1.165, 1.54) is 18.5 Å². The summed E-state index contributed by atoms with van der Waals surface area (Å²) in [6.45, 7) is 2.89. The number of hydrogen-bond acceptors (Lipinski definition) is 2. The largest absolute Gasteiger partial charge is 0.388 e. The lowest BCUT2D eigenvalue weighted by Gasteiger charge is -2.25. The third-order valence-electron chi connectivity index (χ3n) is 4.07. The van der Waals surface area contributed by atoms with Gasteiger partial charge >= 0.3 is 0 Å². The lowest BCUT2D eigenvalue weighted by molar-refractivity contribution is 0.0479. The van der Waals surface area contributed by atoms with Crippen molar-refractivity contribution in [3.63, 3.8) is 0 Å². The van der Waals surface area contributed by atoms with E-state index in [-0.39, 0.29) is 6.10 Å². The van der Waals surface area contributed by atoms with Crippen LogP contribution in [0.4, 0.5) is 0 Å². The van der Waals surface area contributed by atoms with Crippen LogP contribution in [0.25, 0.3) is 0 Å². The molecule has 3 rings (SSSR count). The highest BCUT2D eigenvalue weighted by atomic mass is 16.5. The second-order valence-corrected chi connectivity index (χ2v) is 5.36. The minimum atomic E-state index is -0.234. The first-order chi connectivity index (χ1) is 8.34. The van der Waals surface area contributed by atoms with E-state index in [1.54, 1.807) is 0 Å². The molecule has 0 saturated carbocycles. The van der Waals surface area contributed by atoms with E-state index >= 15 is 0 Å². The molecule has 2 unspecified atom stereocenters. The molecule has 1 saturated heterocycles. The molecule has 2 heterocycles. The van der Waals surface area contributed by atoms with E-state index in [1.807, 2.05) is 0 Å². The zero-order valence-electron chi connectivity index (χ0n) is 10.3. The quantitative estimate of drug-likeness (QED) is 0.853. The Kier molecular flexibility index (Phi) is 3.21. The summed E-state index contributed by atoms with van der Waals surface area (Å²) in [4.78, 5) is 0. The molecule has 0 radical (unpaired) electrons. The van der Waals surface area contributed by atoms with Crippen molar-refractivity contribution < 1.29 is 9.84 Å². The molecule has 2 atom stereocenters. The zero-order valence-corrected chi connectivity index (χ0v) is 10.3. The molecule has 3 heteroatoms. The van der Waals surface area contributed by atoms with Gasteiger partial charge in [-0.15, -0.1) is 0 Å². The maximum atomic E-state index is 9.94. The molecule has 0 aromatic carbocycles. The van der Waals surface area contributed by atoms with Crippen LogP contribution in [-0.2, 0) is 17.7 Å². The fourth-order valence-electron chi connectivity index (χ4n) is 3.13. The normalized spacial score (nSPS) is 29.0. The van der Waals surface area contributed by atoms with Gasteiger partial charge in [0.1, 0.15) is 0 Å². The van der Waals surface area contributed by atoms with E-state index in [2.05, 4.69) is 16.8 Å². The van der Waals surface area contributed by atoms with Crippen molar-refractivity contribution >= 4 is 0 Å². The van der Waals surface area contributed by atoms with Gasteiger partial charge in [-0.25, -0.2) is 0 Å². The van der Waals surface area contributed by atoms with Gasteiger partial charge in [-0.3, -0.25) is 0 Å². The lowest BCUT2D eigenvalue weighted by Crippen LogP contribution is -2.23. The van der Waals surface area contributed by atoms with Crippen molar-refractivity contribution in [2.24, 2.45) is 5.92 Å². The number of rotatable bonds is 2. The fourth-order valence-corrected chi connectivity index (χ4v) is 3.13. The van der Waals surface area contributed by atoms with Crippen LogP contribution >= 0.6 is 0 Å². The van der Waals surface area contributed by atoms with Gasteiger partial charge in [0.2, 0.25) is 0 Å². The van der Waals surface area contributed by atoms with Gasteiger partial charge < -0.3 is 14.4 Å². The Balaban J connectivity index is 1.74. The molecule has 1 aliphatic heterocycles. The molecular weight excluding hydrogens is 214 g/mol. The summed E-state index contributed by atoms with van der Waals surface area (Å²) in [6, 6.07) is 2.10. The standard InChI is InChI=1S/C14H21NO2/c16-14-5-1-4-13-12(14)6-7-15(13)9-11-3-2-8-17-10-11/h6-7,11,14,16H,1-5,8-10H2. The third-order valence-corrected chi connectivity index (χ3v) is 4.07. The second-order valence-electron chi connectivity index (χ2n) is 5.36. The number of aromatic nitrogens is 1. The Morgan fingerprint density at radius 2 is 2.29 bits per heavy atom. The first kappa shape index (κ1) is 11.3. The number of ether oxygens (including phenoxy) is 1. The summed E-state index contributed by atoms with van der Waals surface area (Å²) in [5.41, 5.74) is 2.52. The molecule has 0 amide bonds. The highest BCUT2D eigenvalue weighted by Crippen LogP contribution is 2.31. The fraction of sp³-hybridized carbons (Fsp3) is 0.714. The first-order valence-corrected chi connectivity index (χ1v) is 6.78. The maximum absolute atomic E-state index is 9.94. The van der Waals surface area contributed by atoms with E-state index in [9.17, 15) is 5.11 Å². The molecule has 0 spiro atoms. The minimum Gasteiger partial charge on any atom is -0.388 e. The van der Waals surface area contributed by atoms with E-state index in [0.717, 1.165) is 44.6 Å². The van der Waals surface area contributed by atoms with Gasteiger partial charge in [0.15, 0.2) is 0 Å². The molecule has 94 valence electrons. The highest BCUT2D eigenvalue weighted by Gasteiger charge is 2.22. The molecular formula is C14H21NO2. The van der Waals surface area contributed by atoms with Crippen LogP contribution < -0.4 is 0 Å². The molecule has 0 bridgehead atoms. The van der Waals surface area contributed by atoms with Crippen LogP contribution in [0.5, 0.6) is 0 Å². The van der Waals surface area contributed by atoms with Crippen molar-refractivity contribution in [3.8, 4) is 0 Å². The number of aliphatic hydroxyl groups is 1. The lowest BCUT2D eigenvalue weighted by atomic mass is 9.95. The van der Waals surface area contributed by atoms with Crippen LogP contribution in [0.3, 0.4) is 0 Å². The molecule has 1 aromatic heterocycles. The van der Waals surface area contributed by atoms with E-state index < -0.39 is 0 Å². The smallest absolute Gasteiger partial charge is 0.0807 e. The first-order valence-electron chi connectivity index (χ1n) is 6.78. The summed E-state index contributed by atoms with van der Waals surface area (Å²) in [5.74, 6) is 0.652. The Morgan fingerprint density at radius 1 is 1.35 bits per heavy atom. The Morgan fingerprint density at radius 3 is 3.12 bits per heavy atom. The average Bonchev–Trinajstić information content (AvgIpc) is 2.76. The monoisotopic (exact) mass is 235 g/mol. The molecule has 1 aromatic rings.